The van der Waals surface area contributed by atoms with Gasteiger partial charge in [0.25, 0.3) is 0 Å². The largest absolute Gasteiger partial charge is 0.340 e. The highest BCUT2D eigenvalue weighted by molar-refractivity contribution is 7.89. The first-order chi connectivity index (χ1) is 11.6. The maximum Gasteiger partial charge on any atom is 0.243 e. The van der Waals surface area contributed by atoms with Gasteiger partial charge in [0.1, 0.15) is 0 Å². The van der Waals surface area contributed by atoms with Gasteiger partial charge in [0, 0.05) is 38.6 Å². The third-order valence-corrected chi connectivity index (χ3v) is 7.39. The summed E-state index contributed by atoms with van der Waals surface area (Å²) in [5, 5.41) is 0. The van der Waals surface area contributed by atoms with Crippen molar-refractivity contribution in [3.8, 4) is 0 Å². The van der Waals surface area contributed by atoms with Gasteiger partial charge in [-0.05, 0) is 49.9 Å². The van der Waals surface area contributed by atoms with Crippen LogP contribution in [0.25, 0.3) is 0 Å². The first-order valence-electron chi connectivity index (χ1n) is 8.67. The maximum absolute atomic E-state index is 13.2. The molecule has 7 heteroatoms. The lowest BCUT2D eigenvalue weighted by Crippen LogP contribution is -2.52. The van der Waals surface area contributed by atoms with Crippen LogP contribution in [-0.2, 0) is 14.8 Å². The van der Waals surface area contributed by atoms with Crippen LogP contribution < -0.4 is 5.73 Å². The summed E-state index contributed by atoms with van der Waals surface area (Å²) in [7, 11) is -3.57. The van der Waals surface area contributed by atoms with E-state index in [1.54, 1.807) is 11.8 Å². The minimum absolute atomic E-state index is 0.00157. The number of hydrogen-bond acceptors (Lipinski definition) is 4. The van der Waals surface area contributed by atoms with E-state index < -0.39 is 10.0 Å². The van der Waals surface area contributed by atoms with Gasteiger partial charge in [-0.15, -0.1) is 0 Å². The Bertz CT molecular complexity index is 740. The second-order valence-corrected chi connectivity index (χ2v) is 8.83. The van der Waals surface area contributed by atoms with Gasteiger partial charge in [0.05, 0.1) is 4.90 Å². The van der Waals surface area contributed by atoms with Crippen molar-refractivity contribution in [2.75, 3.05) is 32.7 Å². The summed E-state index contributed by atoms with van der Waals surface area (Å²) in [4.78, 5) is 14.4. The summed E-state index contributed by atoms with van der Waals surface area (Å²) in [6, 6.07) is 2.02. The van der Waals surface area contributed by atoms with Crippen LogP contribution >= 0.6 is 0 Å². The molecule has 1 aliphatic rings. The number of sulfonamides is 1. The average molecular weight is 368 g/mol. The van der Waals surface area contributed by atoms with Crippen molar-refractivity contribution in [2.24, 2.45) is 11.7 Å². The lowest BCUT2D eigenvalue weighted by molar-refractivity contribution is -0.135. The van der Waals surface area contributed by atoms with Crippen LogP contribution in [0.3, 0.4) is 0 Å². The Morgan fingerprint density at radius 1 is 1.08 bits per heavy atom. The smallest absolute Gasteiger partial charge is 0.243 e. The zero-order valence-electron chi connectivity index (χ0n) is 15.8. The third-order valence-electron chi connectivity index (χ3n) is 5.22. The number of rotatable bonds is 4. The van der Waals surface area contributed by atoms with Crippen molar-refractivity contribution in [3.63, 3.8) is 0 Å². The Morgan fingerprint density at radius 2 is 1.56 bits per heavy atom. The summed E-state index contributed by atoms with van der Waals surface area (Å²) < 4.78 is 27.9. The molecule has 1 unspecified atom stereocenters. The van der Waals surface area contributed by atoms with E-state index in [1.807, 2.05) is 33.8 Å². The van der Waals surface area contributed by atoms with Gasteiger partial charge in [-0.25, -0.2) is 8.42 Å². The number of benzene rings is 1. The van der Waals surface area contributed by atoms with E-state index in [4.69, 9.17) is 5.73 Å². The molecule has 2 N–H and O–H groups in total. The second kappa shape index (κ2) is 7.43. The molecule has 1 aromatic carbocycles. The predicted octanol–water partition coefficient (Wildman–Crippen LogP) is 1.35. The topological polar surface area (TPSA) is 83.7 Å². The van der Waals surface area contributed by atoms with Gasteiger partial charge >= 0.3 is 0 Å². The summed E-state index contributed by atoms with van der Waals surface area (Å²) >= 11 is 0. The highest BCUT2D eigenvalue weighted by atomic mass is 32.2. The minimum atomic E-state index is -3.57. The molecule has 140 valence electrons. The Hall–Kier alpha value is -1.44. The monoisotopic (exact) mass is 367 g/mol. The molecule has 1 amide bonds. The van der Waals surface area contributed by atoms with Gasteiger partial charge < -0.3 is 10.6 Å². The highest BCUT2D eigenvalue weighted by Gasteiger charge is 2.33. The molecule has 1 saturated heterocycles. The van der Waals surface area contributed by atoms with Crippen LogP contribution in [0.15, 0.2) is 11.0 Å². The van der Waals surface area contributed by atoms with E-state index in [-0.39, 0.29) is 11.8 Å². The SMILES string of the molecule is Cc1cc(C)c(C)c(S(=O)(=O)N2CCN(C(=O)C(C)CN)CC2)c1C. The molecule has 0 spiro atoms. The molecule has 1 aliphatic heterocycles. The number of aryl methyl sites for hydroxylation is 2. The summed E-state index contributed by atoms with van der Waals surface area (Å²) in [6.45, 7) is 11.1. The van der Waals surface area contributed by atoms with E-state index >= 15 is 0 Å². The van der Waals surface area contributed by atoms with Gasteiger partial charge in [-0.2, -0.15) is 4.31 Å². The minimum Gasteiger partial charge on any atom is -0.340 e. The Kier molecular flexibility index (Phi) is 5.91. The van der Waals surface area contributed by atoms with E-state index in [2.05, 4.69) is 0 Å². The fraction of sp³-hybridized carbons (Fsp3) is 0.611. The number of piperazine rings is 1. The lowest BCUT2D eigenvalue weighted by atomic mass is 10.0. The van der Waals surface area contributed by atoms with Crippen molar-refractivity contribution in [3.05, 3.63) is 28.3 Å². The molecule has 1 atom stereocenters. The van der Waals surface area contributed by atoms with Crippen LogP contribution in [0.1, 0.15) is 29.2 Å². The normalized spacial score (nSPS) is 17.6. The molecule has 1 fully saturated rings. The molecule has 0 aliphatic carbocycles. The molecular formula is C18H29N3O3S. The molecule has 2 rings (SSSR count). The molecule has 6 nitrogen and oxygen atoms in total. The molecular weight excluding hydrogens is 338 g/mol. The van der Waals surface area contributed by atoms with Crippen molar-refractivity contribution >= 4 is 15.9 Å². The molecule has 0 bridgehead atoms. The lowest BCUT2D eigenvalue weighted by Gasteiger charge is -2.35. The van der Waals surface area contributed by atoms with E-state index in [9.17, 15) is 13.2 Å². The van der Waals surface area contributed by atoms with Crippen LogP contribution in [-0.4, -0.2) is 56.3 Å². The van der Waals surface area contributed by atoms with Crippen molar-refractivity contribution in [2.45, 2.75) is 39.5 Å². The Morgan fingerprint density at radius 3 is 2.00 bits per heavy atom. The third kappa shape index (κ3) is 3.73. The number of carbonyl (C=O) groups excluding carboxylic acids is 1. The quantitative estimate of drug-likeness (QED) is 0.871. The standard InChI is InChI=1S/C18H29N3O3S/c1-12-10-13(2)16(5)17(15(12)4)25(23,24)21-8-6-20(7-9-21)18(22)14(3)11-19/h10,14H,6-9,11,19H2,1-5H3. The molecule has 1 aromatic rings. The number of nitrogens with two attached hydrogens (primary N) is 1. The summed E-state index contributed by atoms with van der Waals surface area (Å²) in [5.74, 6) is -0.231. The van der Waals surface area contributed by atoms with Crippen molar-refractivity contribution in [1.82, 2.24) is 9.21 Å². The van der Waals surface area contributed by atoms with E-state index in [0.29, 0.717) is 37.6 Å². The van der Waals surface area contributed by atoms with Gasteiger partial charge in [-0.3, -0.25) is 4.79 Å². The number of nitrogens with zero attached hydrogens (tertiary/aromatic N) is 2. The molecule has 0 radical (unpaired) electrons. The maximum atomic E-state index is 13.2. The van der Waals surface area contributed by atoms with Gasteiger partial charge in [0.15, 0.2) is 0 Å². The number of amides is 1. The molecule has 0 saturated carbocycles. The fourth-order valence-electron chi connectivity index (χ4n) is 3.26. The average Bonchev–Trinajstić information content (AvgIpc) is 2.58. The second-order valence-electron chi connectivity index (χ2n) is 6.96. The fourth-order valence-corrected chi connectivity index (χ4v) is 5.26. The van der Waals surface area contributed by atoms with Crippen LogP contribution in [0.5, 0.6) is 0 Å². The zero-order valence-corrected chi connectivity index (χ0v) is 16.6. The van der Waals surface area contributed by atoms with Crippen LogP contribution in [0.2, 0.25) is 0 Å². The van der Waals surface area contributed by atoms with Crippen LogP contribution in [0.4, 0.5) is 0 Å². The summed E-state index contributed by atoms with van der Waals surface area (Å²) in [5.41, 5.74) is 9.13. The molecule has 25 heavy (non-hydrogen) atoms. The summed E-state index contributed by atoms with van der Waals surface area (Å²) in [6.07, 6.45) is 0. The Balaban J connectivity index is 2.25. The van der Waals surface area contributed by atoms with Gasteiger partial charge in [-0.1, -0.05) is 13.0 Å². The number of hydrogen-bond donors (Lipinski definition) is 1. The van der Waals surface area contributed by atoms with E-state index in [1.165, 1.54) is 4.31 Å². The molecule has 1 heterocycles. The highest BCUT2D eigenvalue weighted by Crippen LogP contribution is 2.29. The number of carbonyl (C=O) groups is 1. The van der Waals surface area contributed by atoms with E-state index in [0.717, 1.165) is 22.3 Å². The van der Waals surface area contributed by atoms with Crippen LogP contribution in [0, 0.1) is 33.6 Å². The van der Waals surface area contributed by atoms with Gasteiger partial charge in [0.2, 0.25) is 15.9 Å². The zero-order chi connectivity index (χ0) is 18.9. The Labute approximate surface area is 151 Å². The first kappa shape index (κ1) is 19.9. The first-order valence-corrected chi connectivity index (χ1v) is 10.1. The molecule has 0 aromatic heterocycles. The van der Waals surface area contributed by atoms with Crippen molar-refractivity contribution in [1.29, 1.82) is 0 Å². The predicted molar refractivity (Wildman–Crippen MR) is 98.9 cm³/mol. The van der Waals surface area contributed by atoms with Crippen molar-refractivity contribution < 1.29 is 13.2 Å².